The van der Waals surface area contributed by atoms with Crippen molar-refractivity contribution in [1.29, 1.82) is 0 Å². The first kappa shape index (κ1) is 26.3. The minimum absolute atomic E-state index is 0.113. The first-order chi connectivity index (χ1) is 16.9. The average molecular weight is 488 g/mol. The van der Waals surface area contributed by atoms with E-state index in [1.54, 1.807) is 14.0 Å². The van der Waals surface area contributed by atoms with Gasteiger partial charge in [-0.15, -0.1) is 0 Å². The number of nitrogens with one attached hydrogen (secondary N) is 1. The smallest absolute Gasteiger partial charge is 0.326 e. The number of rotatable bonds is 13. The zero-order valence-electron chi connectivity index (χ0n) is 20.2. The number of amides is 1. The van der Waals surface area contributed by atoms with Crippen LogP contribution in [-0.4, -0.2) is 59.5 Å². The number of aromatic nitrogens is 2. The van der Waals surface area contributed by atoms with Crippen molar-refractivity contribution in [2.75, 3.05) is 20.3 Å². The maximum atomic E-state index is 13.5. The lowest BCUT2D eigenvalue weighted by Gasteiger charge is -2.32. The monoisotopic (exact) mass is 487 g/mol. The van der Waals surface area contributed by atoms with Gasteiger partial charge in [-0.05, 0) is 32.6 Å². The summed E-state index contributed by atoms with van der Waals surface area (Å²) in [6, 6.07) is 7.92. The van der Waals surface area contributed by atoms with E-state index in [2.05, 4.69) is 15.5 Å². The van der Waals surface area contributed by atoms with E-state index in [0.717, 1.165) is 18.4 Å². The van der Waals surface area contributed by atoms with Gasteiger partial charge in [0, 0.05) is 19.3 Å². The summed E-state index contributed by atoms with van der Waals surface area (Å²) in [5.74, 6) is -1.99. The fraction of sp³-hybridized carbons (Fsp3) is 0.560. The predicted molar refractivity (Wildman–Crippen MR) is 125 cm³/mol. The highest BCUT2D eigenvalue weighted by molar-refractivity contribution is 5.88. The van der Waals surface area contributed by atoms with Crippen LogP contribution in [0.5, 0.6) is 0 Å². The zero-order chi connectivity index (χ0) is 25.3. The Kier molecular flexibility index (Phi) is 9.36. The molecule has 1 amide bonds. The van der Waals surface area contributed by atoms with Crippen LogP contribution in [0.25, 0.3) is 11.4 Å². The molecule has 1 aliphatic carbocycles. The van der Waals surface area contributed by atoms with Crippen molar-refractivity contribution >= 4 is 17.8 Å². The van der Waals surface area contributed by atoms with Crippen LogP contribution in [-0.2, 0) is 30.3 Å². The third kappa shape index (κ3) is 6.88. The second-order valence-electron chi connectivity index (χ2n) is 8.87. The second-order valence-corrected chi connectivity index (χ2v) is 8.87. The first-order valence-electron chi connectivity index (χ1n) is 12.0. The molecule has 10 nitrogen and oxygen atoms in total. The molecule has 2 atom stereocenters. The standard InChI is InChI=1S/C25H33N3O7/c1-3-34-23(31)18(11-14-33-2)16-25(12-7-8-13-25)24(32)26-19(22(29)30)15-20-27-21(28-35-20)17-9-5-4-6-10-17/h4-6,9-10,18-19H,3,7-8,11-16H2,1-2H3,(H,26,32)(H,29,30)/t18-,19?/m1/s1. The Bertz CT molecular complexity index is 986. The first-order valence-corrected chi connectivity index (χ1v) is 12.0. The number of nitrogens with zero attached hydrogens (tertiary/aromatic N) is 2. The van der Waals surface area contributed by atoms with Crippen molar-refractivity contribution in [2.24, 2.45) is 11.3 Å². The molecule has 0 aliphatic heterocycles. The number of hydrogen-bond donors (Lipinski definition) is 2. The van der Waals surface area contributed by atoms with Crippen LogP contribution in [0.1, 0.15) is 51.3 Å². The van der Waals surface area contributed by atoms with Crippen molar-refractivity contribution in [3.8, 4) is 11.4 Å². The van der Waals surface area contributed by atoms with Gasteiger partial charge in [0.25, 0.3) is 0 Å². The molecular formula is C25H33N3O7. The SMILES string of the molecule is CCOC(=O)[C@H](CCOC)CC1(C(=O)NC(Cc2nc(-c3ccccc3)no2)C(=O)O)CCCC1. The van der Waals surface area contributed by atoms with Crippen LogP contribution in [0.15, 0.2) is 34.9 Å². The van der Waals surface area contributed by atoms with Crippen molar-refractivity contribution in [3.63, 3.8) is 0 Å². The Morgan fingerprint density at radius 1 is 1.20 bits per heavy atom. The predicted octanol–water partition coefficient (Wildman–Crippen LogP) is 3.01. The molecule has 0 bridgehead atoms. The van der Waals surface area contributed by atoms with Gasteiger partial charge in [-0.1, -0.05) is 48.3 Å². The van der Waals surface area contributed by atoms with Crippen LogP contribution in [0.4, 0.5) is 0 Å². The maximum Gasteiger partial charge on any atom is 0.326 e. The molecule has 1 aliphatic rings. The summed E-state index contributed by atoms with van der Waals surface area (Å²) in [4.78, 5) is 42.3. The number of methoxy groups -OCH3 is 1. The van der Waals surface area contributed by atoms with Gasteiger partial charge in [0.1, 0.15) is 6.04 Å². The third-order valence-electron chi connectivity index (χ3n) is 6.45. The molecule has 2 N–H and O–H groups in total. The van der Waals surface area contributed by atoms with E-state index < -0.39 is 23.3 Å². The molecule has 35 heavy (non-hydrogen) atoms. The fourth-order valence-corrected chi connectivity index (χ4v) is 4.60. The van der Waals surface area contributed by atoms with Gasteiger partial charge in [0.2, 0.25) is 17.6 Å². The lowest BCUT2D eigenvalue weighted by Crippen LogP contribution is -2.49. The van der Waals surface area contributed by atoms with Crippen LogP contribution >= 0.6 is 0 Å². The number of carbonyl (C=O) groups excluding carboxylic acids is 2. The molecule has 1 saturated carbocycles. The van der Waals surface area contributed by atoms with Gasteiger partial charge in [0.15, 0.2) is 0 Å². The van der Waals surface area contributed by atoms with E-state index in [4.69, 9.17) is 14.0 Å². The number of carboxylic acid groups (broad SMARTS) is 1. The lowest BCUT2D eigenvalue weighted by atomic mass is 9.75. The quantitative estimate of drug-likeness (QED) is 0.408. The normalized spacial score (nSPS) is 16.4. The van der Waals surface area contributed by atoms with Gasteiger partial charge in [0.05, 0.1) is 24.4 Å². The molecule has 0 radical (unpaired) electrons. The number of benzene rings is 1. The van der Waals surface area contributed by atoms with Crippen molar-refractivity contribution in [1.82, 2.24) is 15.5 Å². The molecule has 1 aromatic carbocycles. The number of esters is 1. The highest BCUT2D eigenvalue weighted by atomic mass is 16.5. The third-order valence-corrected chi connectivity index (χ3v) is 6.45. The molecule has 1 heterocycles. The van der Waals surface area contributed by atoms with Gasteiger partial charge in [-0.3, -0.25) is 9.59 Å². The highest BCUT2D eigenvalue weighted by Gasteiger charge is 2.45. The molecule has 1 unspecified atom stereocenters. The Hall–Kier alpha value is -3.27. The maximum absolute atomic E-state index is 13.5. The summed E-state index contributed by atoms with van der Waals surface area (Å²) in [6.07, 6.45) is 3.37. The van der Waals surface area contributed by atoms with Crippen LogP contribution in [0, 0.1) is 11.3 Å². The number of ether oxygens (including phenoxy) is 2. The number of carboxylic acids is 1. The molecule has 2 aromatic rings. The van der Waals surface area contributed by atoms with E-state index >= 15 is 0 Å². The van der Waals surface area contributed by atoms with Gasteiger partial charge >= 0.3 is 11.9 Å². The summed E-state index contributed by atoms with van der Waals surface area (Å²) >= 11 is 0. The van der Waals surface area contributed by atoms with Crippen LogP contribution in [0.2, 0.25) is 0 Å². The van der Waals surface area contributed by atoms with E-state index in [-0.39, 0.29) is 37.2 Å². The number of carbonyl (C=O) groups is 3. The Morgan fingerprint density at radius 3 is 2.54 bits per heavy atom. The van der Waals surface area contributed by atoms with Gasteiger partial charge in [-0.2, -0.15) is 4.98 Å². The minimum Gasteiger partial charge on any atom is -0.480 e. The highest BCUT2D eigenvalue weighted by Crippen LogP contribution is 2.44. The Morgan fingerprint density at radius 2 is 1.91 bits per heavy atom. The zero-order valence-corrected chi connectivity index (χ0v) is 20.2. The summed E-state index contributed by atoms with van der Waals surface area (Å²) in [5, 5.41) is 16.4. The summed E-state index contributed by atoms with van der Waals surface area (Å²) < 4.78 is 15.6. The molecule has 1 fully saturated rings. The minimum atomic E-state index is -1.25. The average Bonchev–Trinajstić information content (AvgIpc) is 3.52. The lowest BCUT2D eigenvalue weighted by molar-refractivity contribution is -0.152. The summed E-state index contributed by atoms with van der Waals surface area (Å²) in [7, 11) is 1.55. The number of aliphatic carboxylic acids is 1. The Balaban J connectivity index is 1.73. The van der Waals surface area contributed by atoms with Crippen LogP contribution in [0.3, 0.4) is 0 Å². The van der Waals surface area contributed by atoms with Crippen molar-refractivity contribution < 1.29 is 33.5 Å². The molecular weight excluding hydrogens is 454 g/mol. The molecule has 190 valence electrons. The molecule has 3 rings (SSSR count). The summed E-state index contributed by atoms with van der Waals surface area (Å²) in [6.45, 7) is 2.35. The molecule has 10 heteroatoms. The largest absolute Gasteiger partial charge is 0.480 e. The van der Waals surface area contributed by atoms with Crippen molar-refractivity contribution in [2.45, 2.75) is 57.9 Å². The van der Waals surface area contributed by atoms with Gasteiger partial charge < -0.3 is 24.4 Å². The summed E-state index contributed by atoms with van der Waals surface area (Å²) in [5.41, 5.74) is -0.104. The Labute approximate surface area is 204 Å². The molecule has 0 saturated heterocycles. The van der Waals surface area contributed by atoms with Crippen molar-refractivity contribution in [3.05, 3.63) is 36.2 Å². The topological polar surface area (TPSA) is 141 Å². The van der Waals surface area contributed by atoms with E-state index in [1.807, 2.05) is 30.3 Å². The van der Waals surface area contributed by atoms with E-state index in [9.17, 15) is 19.5 Å². The molecule has 1 aromatic heterocycles. The molecule has 0 spiro atoms. The van der Waals surface area contributed by atoms with Gasteiger partial charge in [-0.25, -0.2) is 4.79 Å². The second kappa shape index (κ2) is 12.4. The number of hydrogen-bond acceptors (Lipinski definition) is 8. The fourth-order valence-electron chi connectivity index (χ4n) is 4.60. The van der Waals surface area contributed by atoms with E-state index in [0.29, 0.717) is 31.7 Å². The van der Waals surface area contributed by atoms with E-state index in [1.165, 1.54) is 0 Å². The van der Waals surface area contributed by atoms with Crippen LogP contribution < -0.4 is 5.32 Å².